The van der Waals surface area contributed by atoms with E-state index in [-0.39, 0.29) is 47.5 Å². The third-order valence-corrected chi connectivity index (χ3v) is 8.71. The summed E-state index contributed by atoms with van der Waals surface area (Å²) in [4.78, 5) is 29.8. The van der Waals surface area contributed by atoms with Crippen LogP contribution in [0.15, 0.2) is 51.9 Å². The minimum atomic E-state index is -4.03. The number of fused-ring (bicyclic) bond motifs is 1. The molecule has 0 bridgehead atoms. The van der Waals surface area contributed by atoms with Gasteiger partial charge in [-0.15, -0.1) is 0 Å². The molecule has 3 atom stereocenters. The summed E-state index contributed by atoms with van der Waals surface area (Å²) in [5, 5.41) is 16.6. The molecule has 226 valence electrons. The number of carbonyl (C=O) groups excluding carboxylic acids is 2. The number of carbonyl (C=O) groups is 2. The third kappa shape index (κ3) is 6.52. The van der Waals surface area contributed by atoms with Gasteiger partial charge >= 0.3 is 6.03 Å². The molecule has 2 heterocycles. The quantitative estimate of drug-likeness (QED) is 0.353. The number of aliphatic hydroxyl groups excluding tert-OH is 1. The molecule has 1 aliphatic heterocycles. The van der Waals surface area contributed by atoms with Crippen LogP contribution < -0.4 is 14.8 Å². The van der Waals surface area contributed by atoms with Crippen LogP contribution in [0.25, 0.3) is 0 Å². The zero-order valence-corrected chi connectivity index (χ0v) is 25.4. The number of ether oxygens (including phenoxy) is 1. The highest BCUT2D eigenvalue weighted by Crippen LogP contribution is 2.36. The van der Waals surface area contributed by atoms with Crippen LogP contribution in [-0.2, 0) is 10.0 Å². The highest BCUT2D eigenvalue weighted by atomic mass is 32.2. The number of para-hydroxylation sites is 1. The lowest BCUT2D eigenvalue weighted by Crippen LogP contribution is -2.50. The summed E-state index contributed by atoms with van der Waals surface area (Å²) >= 11 is 0. The van der Waals surface area contributed by atoms with Gasteiger partial charge in [-0.1, -0.05) is 35.8 Å². The smallest absolute Gasteiger partial charge is 0.321 e. The number of nitrogens with one attached hydrogen (secondary N) is 2. The SMILES string of the molecule is Cc1ccc(S(=O)(=O)Nc2cccc3c2O[C@@H](CN(C)C(=O)Nc2c(C)noc2C)[C@H](C)CN([C@@H](C)CO)C3=O)cc1. The van der Waals surface area contributed by atoms with Gasteiger partial charge in [-0.2, -0.15) is 0 Å². The maximum Gasteiger partial charge on any atom is 0.321 e. The Morgan fingerprint density at radius 2 is 1.88 bits per heavy atom. The molecule has 3 amide bonds. The molecule has 2 aromatic carbocycles. The number of amides is 3. The van der Waals surface area contributed by atoms with E-state index in [1.54, 1.807) is 57.0 Å². The van der Waals surface area contributed by atoms with Gasteiger partial charge in [0.05, 0.1) is 35.3 Å². The van der Waals surface area contributed by atoms with Crippen molar-refractivity contribution in [3.63, 3.8) is 0 Å². The molecule has 0 unspecified atom stereocenters. The highest BCUT2D eigenvalue weighted by Gasteiger charge is 2.35. The van der Waals surface area contributed by atoms with Gasteiger partial charge in [0, 0.05) is 19.5 Å². The Morgan fingerprint density at radius 1 is 1.19 bits per heavy atom. The van der Waals surface area contributed by atoms with Crippen molar-refractivity contribution in [3.8, 4) is 5.75 Å². The van der Waals surface area contributed by atoms with E-state index in [2.05, 4.69) is 15.2 Å². The van der Waals surface area contributed by atoms with E-state index in [0.29, 0.717) is 17.1 Å². The van der Waals surface area contributed by atoms with Crippen molar-refractivity contribution in [2.75, 3.05) is 36.8 Å². The largest absolute Gasteiger partial charge is 0.485 e. The van der Waals surface area contributed by atoms with E-state index in [0.717, 1.165) is 5.56 Å². The lowest BCUT2D eigenvalue weighted by atomic mass is 9.99. The van der Waals surface area contributed by atoms with Gasteiger partial charge < -0.3 is 29.5 Å². The van der Waals surface area contributed by atoms with Crippen LogP contribution in [-0.4, -0.2) is 79.3 Å². The van der Waals surface area contributed by atoms with Gasteiger partial charge in [-0.25, -0.2) is 13.2 Å². The van der Waals surface area contributed by atoms with Crippen LogP contribution in [0.1, 0.15) is 41.2 Å². The minimum absolute atomic E-state index is 0.0457. The molecule has 0 spiro atoms. The van der Waals surface area contributed by atoms with Gasteiger partial charge in [0.2, 0.25) is 0 Å². The first-order valence-corrected chi connectivity index (χ1v) is 15.1. The second-order valence-corrected chi connectivity index (χ2v) is 12.4. The first kappa shape index (κ1) is 30.8. The normalized spacial score (nSPS) is 17.9. The standard InChI is InChI=1S/C29H37N5O7S/c1-17-10-12-22(13-11-17)42(38,39)32-24-9-7-8-23-27(24)40-25(18(2)14-34(28(23)36)19(3)16-35)15-33(6)29(37)30-26-20(4)31-41-21(26)5/h7-13,18-19,25,32,35H,14-16H2,1-6H3,(H,30,37)/t18-,19+,25+/m1/s1. The predicted octanol–water partition coefficient (Wildman–Crippen LogP) is 3.78. The number of sulfonamides is 1. The summed E-state index contributed by atoms with van der Waals surface area (Å²) < 4.78 is 40.7. The van der Waals surface area contributed by atoms with E-state index in [9.17, 15) is 23.1 Å². The van der Waals surface area contributed by atoms with Crippen molar-refractivity contribution in [1.29, 1.82) is 0 Å². The number of likely N-dealkylation sites (N-methyl/N-ethyl adjacent to an activating group) is 1. The molecule has 0 saturated carbocycles. The van der Waals surface area contributed by atoms with Gasteiger partial charge in [0.25, 0.3) is 15.9 Å². The highest BCUT2D eigenvalue weighted by molar-refractivity contribution is 7.92. The number of aromatic nitrogens is 1. The Labute approximate surface area is 245 Å². The number of benzene rings is 2. The Hall–Kier alpha value is -4.10. The van der Waals surface area contributed by atoms with Crippen molar-refractivity contribution in [1.82, 2.24) is 15.0 Å². The average molecular weight is 600 g/mol. The molecular formula is C29H37N5O7S. The van der Waals surface area contributed by atoms with Crippen LogP contribution in [0.3, 0.4) is 0 Å². The van der Waals surface area contributed by atoms with Gasteiger partial charge in [0.1, 0.15) is 17.5 Å². The summed E-state index contributed by atoms with van der Waals surface area (Å²) in [6.45, 7) is 8.95. The first-order valence-electron chi connectivity index (χ1n) is 13.6. The monoisotopic (exact) mass is 599 g/mol. The Kier molecular flexibility index (Phi) is 9.12. The molecule has 1 aliphatic rings. The summed E-state index contributed by atoms with van der Waals surface area (Å²) in [7, 11) is -2.42. The molecule has 0 aliphatic carbocycles. The van der Waals surface area contributed by atoms with Crippen LogP contribution in [0.5, 0.6) is 5.75 Å². The Morgan fingerprint density at radius 3 is 2.50 bits per heavy atom. The predicted molar refractivity (Wildman–Crippen MR) is 157 cm³/mol. The zero-order valence-electron chi connectivity index (χ0n) is 24.5. The number of hydrogen-bond acceptors (Lipinski definition) is 8. The number of rotatable bonds is 8. The molecule has 42 heavy (non-hydrogen) atoms. The Bertz CT molecular complexity index is 1540. The van der Waals surface area contributed by atoms with Crippen LogP contribution >= 0.6 is 0 Å². The third-order valence-electron chi connectivity index (χ3n) is 7.33. The average Bonchev–Trinajstić information content (AvgIpc) is 3.26. The number of anilines is 2. The van der Waals surface area contributed by atoms with E-state index < -0.39 is 34.1 Å². The molecule has 1 aromatic heterocycles. The fourth-order valence-corrected chi connectivity index (χ4v) is 5.74. The van der Waals surface area contributed by atoms with E-state index >= 15 is 0 Å². The fourth-order valence-electron chi connectivity index (χ4n) is 4.68. The summed E-state index contributed by atoms with van der Waals surface area (Å²) in [5.74, 6) is -0.203. The molecule has 0 radical (unpaired) electrons. The Balaban J connectivity index is 1.70. The summed E-state index contributed by atoms with van der Waals surface area (Å²) in [6, 6.07) is 10.1. The van der Waals surface area contributed by atoms with Gasteiger partial charge in [0.15, 0.2) is 11.5 Å². The van der Waals surface area contributed by atoms with Crippen LogP contribution in [0.4, 0.5) is 16.2 Å². The topological polar surface area (TPSA) is 154 Å². The minimum Gasteiger partial charge on any atom is -0.485 e. The second-order valence-electron chi connectivity index (χ2n) is 10.7. The van der Waals surface area contributed by atoms with Crippen molar-refractivity contribution < 1.29 is 32.4 Å². The van der Waals surface area contributed by atoms with Crippen LogP contribution in [0.2, 0.25) is 0 Å². The van der Waals surface area contributed by atoms with Gasteiger partial charge in [-0.05, 0) is 52.0 Å². The van der Waals surface area contributed by atoms with E-state index in [1.165, 1.54) is 23.1 Å². The number of nitrogens with zero attached hydrogens (tertiary/aromatic N) is 3. The van der Waals surface area contributed by atoms with Crippen LogP contribution in [0, 0.1) is 26.7 Å². The lowest BCUT2D eigenvalue weighted by molar-refractivity contribution is 0.0373. The molecule has 12 nitrogen and oxygen atoms in total. The van der Waals surface area contributed by atoms with Crippen molar-refractivity contribution >= 4 is 33.3 Å². The first-order chi connectivity index (χ1) is 19.8. The zero-order chi connectivity index (χ0) is 30.8. The number of aryl methyl sites for hydroxylation is 3. The number of aliphatic hydroxyl groups is 1. The molecular weight excluding hydrogens is 562 g/mol. The maximum absolute atomic E-state index is 13.7. The molecule has 0 fully saturated rings. The van der Waals surface area contributed by atoms with E-state index in [4.69, 9.17) is 9.26 Å². The summed E-state index contributed by atoms with van der Waals surface area (Å²) in [5.41, 5.74) is 2.14. The van der Waals surface area contributed by atoms with Crippen molar-refractivity contribution in [2.24, 2.45) is 5.92 Å². The van der Waals surface area contributed by atoms with Gasteiger partial charge in [-0.3, -0.25) is 9.52 Å². The second kappa shape index (κ2) is 12.4. The summed E-state index contributed by atoms with van der Waals surface area (Å²) in [6.07, 6.45) is -0.657. The number of urea groups is 1. The lowest BCUT2D eigenvalue weighted by Gasteiger charge is -2.38. The molecule has 3 N–H and O–H groups in total. The molecule has 0 saturated heterocycles. The fraction of sp³-hybridized carbons (Fsp3) is 0.414. The van der Waals surface area contributed by atoms with Crippen molar-refractivity contribution in [2.45, 2.75) is 51.7 Å². The van der Waals surface area contributed by atoms with E-state index in [1.807, 2.05) is 13.8 Å². The molecule has 4 rings (SSSR count). The molecule has 3 aromatic rings. The van der Waals surface area contributed by atoms with Crippen molar-refractivity contribution in [3.05, 3.63) is 65.0 Å². The number of hydrogen-bond donors (Lipinski definition) is 3. The molecule has 13 heteroatoms. The maximum atomic E-state index is 13.7.